The fourth-order valence-electron chi connectivity index (χ4n) is 2.18. The van der Waals surface area contributed by atoms with Crippen LogP contribution in [0.25, 0.3) is 0 Å². The van der Waals surface area contributed by atoms with Gasteiger partial charge in [-0.25, -0.2) is 0 Å². The van der Waals surface area contributed by atoms with E-state index in [9.17, 15) is 4.79 Å². The second-order valence-corrected chi connectivity index (χ2v) is 4.88. The van der Waals surface area contributed by atoms with E-state index >= 15 is 0 Å². The van der Waals surface area contributed by atoms with Crippen molar-refractivity contribution in [3.63, 3.8) is 0 Å². The largest absolute Gasteiger partial charge is 0.448 e. The Bertz CT molecular complexity index is 721. The van der Waals surface area contributed by atoms with E-state index < -0.39 is 5.91 Å². The van der Waals surface area contributed by atoms with E-state index in [0.717, 1.165) is 16.9 Å². The van der Waals surface area contributed by atoms with Gasteiger partial charge in [-0.2, -0.15) is 0 Å². The van der Waals surface area contributed by atoms with Crippen LogP contribution in [0.4, 0.5) is 5.69 Å². The molecule has 1 aromatic carbocycles. The first-order valence-electron chi connectivity index (χ1n) is 6.62. The molecule has 0 fully saturated rings. The van der Waals surface area contributed by atoms with Crippen LogP contribution in [-0.4, -0.2) is 10.9 Å². The summed E-state index contributed by atoms with van der Waals surface area (Å²) in [4.78, 5) is 15.9. The molecule has 0 aliphatic carbocycles. The number of aryl methyl sites for hydroxylation is 1. The average molecular weight is 281 g/mol. The molecule has 1 amide bonds. The molecule has 3 rings (SSSR count). The summed E-state index contributed by atoms with van der Waals surface area (Å²) in [5.74, 6) is 0.151. The Morgan fingerprint density at radius 3 is 2.81 bits per heavy atom. The predicted molar refractivity (Wildman–Crippen MR) is 79.6 cm³/mol. The van der Waals surface area contributed by atoms with Crippen molar-refractivity contribution in [3.05, 3.63) is 65.3 Å². The lowest BCUT2D eigenvalue weighted by atomic mass is 10.1. The van der Waals surface area contributed by atoms with Crippen molar-refractivity contribution in [1.82, 2.24) is 4.98 Å². The van der Waals surface area contributed by atoms with Crippen LogP contribution < -0.4 is 15.8 Å². The highest BCUT2D eigenvalue weighted by atomic mass is 16.5. The van der Waals surface area contributed by atoms with Crippen molar-refractivity contribution in [1.29, 1.82) is 0 Å². The molecule has 3 N–H and O–H groups in total. The van der Waals surface area contributed by atoms with Gasteiger partial charge >= 0.3 is 0 Å². The Kier molecular flexibility index (Phi) is 3.31. The van der Waals surface area contributed by atoms with Gasteiger partial charge in [-0.15, -0.1) is 0 Å². The molecule has 1 aliphatic heterocycles. The van der Waals surface area contributed by atoms with E-state index in [0.29, 0.717) is 17.9 Å². The van der Waals surface area contributed by atoms with Gasteiger partial charge in [0, 0.05) is 18.3 Å². The van der Waals surface area contributed by atoms with Crippen LogP contribution in [0.15, 0.2) is 54.1 Å². The van der Waals surface area contributed by atoms with Crippen LogP contribution in [0.2, 0.25) is 0 Å². The number of carbonyl (C=O) groups is 1. The summed E-state index contributed by atoms with van der Waals surface area (Å²) in [5.41, 5.74) is 8.80. The molecular formula is C16H15N3O2. The molecule has 1 aliphatic rings. The third-order valence-electron chi connectivity index (χ3n) is 3.24. The maximum Gasteiger partial charge on any atom is 0.286 e. The molecule has 1 aromatic heterocycles. The zero-order chi connectivity index (χ0) is 14.8. The van der Waals surface area contributed by atoms with Crippen molar-refractivity contribution >= 4 is 11.6 Å². The highest BCUT2D eigenvalue weighted by molar-refractivity contribution is 5.93. The number of aromatic nitrogens is 1. The number of fused-ring (bicyclic) bond motifs is 1. The number of primary amides is 1. The molecule has 0 saturated heterocycles. The van der Waals surface area contributed by atoms with Crippen molar-refractivity contribution in [3.8, 4) is 5.75 Å². The summed E-state index contributed by atoms with van der Waals surface area (Å²) in [7, 11) is 0. The first-order valence-corrected chi connectivity index (χ1v) is 6.62. The first kappa shape index (κ1) is 13.2. The predicted octanol–water partition coefficient (Wildman–Crippen LogP) is 2.13. The van der Waals surface area contributed by atoms with Gasteiger partial charge in [0.25, 0.3) is 5.91 Å². The van der Waals surface area contributed by atoms with Gasteiger partial charge in [-0.1, -0.05) is 18.2 Å². The van der Waals surface area contributed by atoms with E-state index in [4.69, 9.17) is 10.5 Å². The van der Waals surface area contributed by atoms with Crippen LogP contribution >= 0.6 is 0 Å². The molecule has 5 heteroatoms. The summed E-state index contributed by atoms with van der Waals surface area (Å²) >= 11 is 0. The lowest BCUT2D eigenvalue weighted by Crippen LogP contribution is -2.26. The van der Waals surface area contributed by atoms with Gasteiger partial charge in [0.05, 0.1) is 11.4 Å². The first-order chi connectivity index (χ1) is 10.1. The number of rotatable bonds is 3. The zero-order valence-electron chi connectivity index (χ0n) is 11.6. The number of nitrogens with two attached hydrogens (primary N) is 1. The van der Waals surface area contributed by atoms with E-state index in [1.165, 1.54) is 0 Å². The van der Waals surface area contributed by atoms with Crippen LogP contribution in [0, 0.1) is 6.92 Å². The Labute approximate surface area is 122 Å². The number of nitrogens with zero attached hydrogens (tertiary/aromatic N) is 1. The number of allylic oxidation sites excluding steroid dienone is 1. The molecule has 5 nitrogen and oxygen atoms in total. The van der Waals surface area contributed by atoms with Crippen molar-refractivity contribution in [2.75, 3.05) is 5.32 Å². The molecule has 0 bridgehead atoms. The van der Waals surface area contributed by atoms with E-state index in [-0.39, 0.29) is 5.76 Å². The third-order valence-corrected chi connectivity index (χ3v) is 3.24. The Morgan fingerprint density at radius 2 is 2.10 bits per heavy atom. The van der Waals surface area contributed by atoms with Crippen LogP contribution in [0.5, 0.6) is 5.75 Å². The number of hydrogen-bond donors (Lipinski definition) is 2. The van der Waals surface area contributed by atoms with E-state index in [2.05, 4.69) is 10.3 Å². The quantitative estimate of drug-likeness (QED) is 0.903. The average Bonchev–Trinajstić information content (AvgIpc) is 2.48. The number of amides is 1. The van der Waals surface area contributed by atoms with Gasteiger partial charge in [0.15, 0.2) is 5.75 Å². The number of nitrogens with one attached hydrogen (secondary N) is 1. The SMILES string of the molecule is Cc1ccc(CC2=C(C(N)=O)Oc3ccccc3N2)cn1. The lowest BCUT2D eigenvalue weighted by molar-refractivity contribution is -0.116. The summed E-state index contributed by atoms with van der Waals surface area (Å²) in [6.07, 6.45) is 2.28. The molecule has 2 heterocycles. The summed E-state index contributed by atoms with van der Waals surface area (Å²) in [6, 6.07) is 11.3. The van der Waals surface area contributed by atoms with E-state index in [1.54, 1.807) is 12.3 Å². The minimum atomic E-state index is -0.591. The third kappa shape index (κ3) is 2.72. The molecule has 0 atom stereocenters. The number of pyridine rings is 1. The molecule has 2 aromatic rings. The van der Waals surface area contributed by atoms with Gasteiger partial charge in [-0.3, -0.25) is 9.78 Å². The van der Waals surface area contributed by atoms with Crippen molar-refractivity contribution in [2.45, 2.75) is 13.3 Å². The smallest absolute Gasteiger partial charge is 0.286 e. The summed E-state index contributed by atoms with van der Waals surface area (Å²) < 4.78 is 5.62. The number of para-hydroxylation sites is 2. The number of benzene rings is 1. The normalized spacial score (nSPS) is 13.2. The molecule has 0 radical (unpaired) electrons. The highest BCUT2D eigenvalue weighted by Gasteiger charge is 2.23. The highest BCUT2D eigenvalue weighted by Crippen LogP contribution is 2.32. The van der Waals surface area contributed by atoms with Gasteiger partial charge < -0.3 is 15.8 Å². The fourth-order valence-corrected chi connectivity index (χ4v) is 2.18. The fraction of sp³-hybridized carbons (Fsp3) is 0.125. The molecule has 0 saturated carbocycles. The molecule has 21 heavy (non-hydrogen) atoms. The number of carbonyl (C=O) groups excluding carboxylic acids is 1. The minimum absolute atomic E-state index is 0.147. The van der Waals surface area contributed by atoms with Crippen LogP contribution in [0.1, 0.15) is 11.3 Å². The van der Waals surface area contributed by atoms with Crippen LogP contribution in [0.3, 0.4) is 0 Å². The van der Waals surface area contributed by atoms with Crippen molar-refractivity contribution in [2.24, 2.45) is 5.73 Å². The Morgan fingerprint density at radius 1 is 1.29 bits per heavy atom. The minimum Gasteiger partial charge on any atom is -0.448 e. The lowest BCUT2D eigenvalue weighted by Gasteiger charge is -2.23. The monoisotopic (exact) mass is 281 g/mol. The second-order valence-electron chi connectivity index (χ2n) is 4.88. The number of anilines is 1. The summed E-state index contributed by atoms with van der Waals surface area (Å²) in [6.45, 7) is 1.93. The zero-order valence-corrected chi connectivity index (χ0v) is 11.6. The van der Waals surface area contributed by atoms with Crippen LogP contribution in [-0.2, 0) is 11.2 Å². The molecular weight excluding hydrogens is 266 g/mol. The maximum atomic E-state index is 11.6. The summed E-state index contributed by atoms with van der Waals surface area (Å²) in [5, 5.41) is 3.22. The van der Waals surface area contributed by atoms with Gasteiger partial charge in [-0.05, 0) is 30.7 Å². The molecule has 106 valence electrons. The topological polar surface area (TPSA) is 77.2 Å². The van der Waals surface area contributed by atoms with Gasteiger partial charge in [0.2, 0.25) is 5.76 Å². The Hall–Kier alpha value is -2.82. The van der Waals surface area contributed by atoms with Crippen molar-refractivity contribution < 1.29 is 9.53 Å². The van der Waals surface area contributed by atoms with E-state index in [1.807, 2.05) is 37.3 Å². The molecule has 0 spiro atoms. The number of hydrogen-bond acceptors (Lipinski definition) is 4. The second kappa shape index (κ2) is 5.28. The maximum absolute atomic E-state index is 11.6. The number of ether oxygens (including phenoxy) is 1. The molecule has 0 unspecified atom stereocenters. The standard InChI is InChI=1S/C16H15N3O2/c1-10-6-7-11(9-18-10)8-13-15(16(17)20)21-14-5-3-2-4-12(14)19-13/h2-7,9,19H,8H2,1H3,(H2,17,20). The van der Waals surface area contributed by atoms with Gasteiger partial charge in [0.1, 0.15) is 0 Å². The Balaban J connectivity index is 1.94.